The van der Waals surface area contributed by atoms with E-state index in [-0.39, 0.29) is 28.5 Å². The van der Waals surface area contributed by atoms with Crippen LogP contribution >= 0.6 is 0 Å². The van der Waals surface area contributed by atoms with E-state index in [0.29, 0.717) is 5.39 Å². The van der Waals surface area contributed by atoms with E-state index >= 15 is 0 Å². The zero-order valence-corrected chi connectivity index (χ0v) is 14.6. The fraction of sp³-hybridized carbons (Fsp3) is 0.278. The van der Waals surface area contributed by atoms with Crippen LogP contribution in [-0.4, -0.2) is 40.3 Å². The number of carbonyl (C=O) groups excluding carboxylic acids is 3. The molecule has 2 aromatic rings. The lowest BCUT2D eigenvalue weighted by Gasteiger charge is -2.15. The van der Waals surface area contributed by atoms with E-state index in [4.69, 9.17) is 4.74 Å². The van der Waals surface area contributed by atoms with Crippen LogP contribution in [0.15, 0.2) is 30.3 Å². The highest BCUT2D eigenvalue weighted by Crippen LogP contribution is 2.35. The molecule has 0 aliphatic carbocycles. The molecular formula is C18H20N2O6. The molecule has 26 heavy (non-hydrogen) atoms. The molecule has 1 atom stereocenters. The zero-order chi connectivity index (χ0) is 19.4. The number of aromatic hydroxyl groups is 2. The molecule has 8 nitrogen and oxygen atoms in total. The summed E-state index contributed by atoms with van der Waals surface area (Å²) in [4.78, 5) is 35.7. The van der Waals surface area contributed by atoms with Crippen molar-refractivity contribution in [2.24, 2.45) is 0 Å². The van der Waals surface area contributed by atoms with Crippen LogP contribution in [0.4, 0.5) is 4.79 Å². The minimum atomic E-state index is -1.28. The highest BCUT2D eigenvalue weighted by atomic mass is 16.5. The molecule has 0 saturated carbocycles. The molecular weight excluding hydrogens is 340 g/mol. The Morgan fingerprint density at radius 1 is 1.04 bits per heavy atom. The quantitative estimate of drug-likeness (QED) is 0.488. The summed E-state index contributed by atoms with van der Waals surface area (Å²) in [5, 5.41) is 25.4. The number of amides is 3. The molecule has 0 fully saturated rings. The third-order valence-electron chi connectivity index (χ3n) is 3.52. The van der Waals surface area contributed by atoms with Gasteiger partial charge in [-0.25, -0.2) is 9.59 Å². The van der Waals surface area contributed by atoms with Gasteiger partial charge in [-0.3, -0.25) is 10.1 Å². The maximum Gasteiger partial charge on any atom is 0.342 e. The van der Waals surface area contributed by atoms with Crippen molar-refractivity contribution < 1.29 is 29.3 Å². The number of rotatable bonds is 4. The van der Waals surface area contributed by atoms with Crippen LogP contribution in [0, 0.1) is 0 Å². The Balaban J connectivity index is 2.14. The Morgan fingerprint density at radius 2 is 1.65 bits per heavy atom. The van der Waals surface area contributed by atoms with Crippen LogP contribution in [0.25, 0.3) is 10.8 Å². The molecule has 0 aliphatic rings. The van der Waals surface area contributed by atoms with Crippen molar-refractivity contribution in [2.45, 2.75) is 32.9 Å². The molecule has 3 amide bonds. The summed E-state index contributed by atoms with van der Waals surface area (Å²) in [6.07, 6.45) is -1.28. The summed E-state index contributed by atoms with van der Waals surface area (Å²) in [5.74, 6) is -2.40. The van der Waals surface area contributed by atoms with Crippen molar-refractivity contribution in [3.05, 3.63) is 35.9 Å². The van der Waals surface area contributed by atoms with E-state index in [1.165, 1.54) is 13.0 Å². The average Bonchev–Trinajstić information content (AvgIpc) is 2.57. The van der Waals surface area contributed by atoms with E-state index in [0.717, 1.165) is 6.07 Å². The number of hydrogen-bond donors (Lipinski definition) is 4. The van der Waals surface area contributed by atoms with E-state index < -0.39 is 24.0 Å². The van der Waals surface area contributed by atoms with Gasteiger partial charge in [0.05, 0.1) is 0 Å². The predicted octanol–water partition coefficient (Wildman–Crippen LogP) is 2.03. The average molecular weight is 360 g/mol. The number of phenolic OH excluding ortho intramolecular Hbond substituents is 2. The number of ether oxygens (including phenoxy) is 1. The van der Waals surface area contributed by atoms with Crippen LogP contribution in [0.5, 0.6) is 11.5 Å². The second kappa shape index (κ2) is 7.73. The summed E-state index contributed by atoms with van der Waals surface area (Å²) in [6, 6.07) is 6.62. The maximum absolute atomic E-state index is 12.3. The smallest absolute Gasteiger partial charge is 0.342 e. The third-order valence-corrected chi connectivity index (χ3v) is 3.52. The van der Waals surface area contributed by atoms with Crippen LogP contribution in [0.1, 0.15) is 31.1 Å². The van der Waals surface area contributed by atoms with Gasteiger partial charge in [0.15, 0.2) is 6.10 Å². The topological polar surface area (TPSA) is 125 Å². The molecule has 0 unspecified atom stereocenters. The monoisotopic (exact) mass is 360 g/mol. The number of hydrogen-bond acceptors (Lipinski definition) is 6. The molecule has 2 aromatic carbocycles. The number of nitrogens with one attached hydrogen (secondary N) is 2. The van der Waals surface area contributed by atoms with Crippen molar-refractivity contribution in [3.8, 4) is 11.5 Å². The van der Waals surface area contributed by atoms with Gasteiger partial charge >= 0.3 is 12.0 Å². The first-order valence-electron chi connectivity index (χ1n) is 7.96. The van der Waals surface area contributed by atoms with Crippen molar-refractivity contribution in [3.63, 3.8) is 0 Å². The number of imide groups is 1. The second-order valence-corrected chi connectivity index (χ2v) is 6.00. The number of carbonyl (C=O) groups is 3. The molecule has 4 N–H and O–H groups in total. The predicted molar refractivity (Wildman–Crippen MR) is 94.0 cm³/mol. The number of phenols is 2. The first kappa shape index (κ1) is 19.0. The standard InChI is InChI=1S/C18H20N2O6/c1-9(2)19-18(25)20-16(23)10(3)26-17(24)13-8-14(21)11-6-4-5-7-12(11)15(13)22/h4-10,21-22H,1-3H3,(H2,19,20,23,25)/t10-/m1/s1. The fourth-order valence-electron chi connectivity index (χ4n) is 2.29. The third kappa shape index (κ3) is 4.21. The molecule has 0 bridgehead atoms. The van der Waals surface area contributed by atoms with Gasteiger partial charge in [-0.1, -0.05) is 24.3 Å². The van der Waals surface area contributed by atoms with Crippen LogP contribution in [0.2, 0.25) is 0 Å². The lowest BCUT2D eigenvalue weighted by Crippen LogP contribution is -2.46. The van der Waals surface area contributed by atoms with Gasteiger partial charge in [0.2, 0.25) is 0 Å². The fourth-order valence-corrected chi connectivity index (χ4v) is 2.29. The van der Waals surface area contributed by atoms with Crippen molar-refractivity contribution in [1.82, 2.24) is 10.6 Å². The molecule has 0 spiro atoms. The lowest BCUT2D eigenvalue weighted by molar-refractivity contribution is -0.127. The lowest BCUT2D eigenvalue weighted by atomic mass is 10.0. The Morgan fingerprint density at radius 3 is 2.27 bits per heavy atom. The van der Waals surface area contributed by atoms with Gasteiger partial charge in [-0.15, -0.1) is 0 Å². The minimum Gasteiger partial charge on any atom is -0.507 e. The Kier molecular flexibility index (Phi) is 5.66. The van der Waals surface area contributed by atoms with Crippen LogP contribution in [-0.2, 0) is 9.53 Å². The Bertz CT molecular complexity index is 862. The van der Waals surface area contributed by atoms with Gasteiger partial charge < -0.3 is 20.3 Å². The van der Waals surface area contributed by atoms with Crippen LogP contribution < -0.4 is 10.6 Å². The largest absolute Gasteiger partial charge is 0.507 e. The van der Waals surface area contributed by atoms with E-state index in [2.05, 4.69) is 5.32 Å². The summed E-state index contributed by atoms with van der Waals surface area (Å²) in [7, 11) is 0. The van der Waals surface area contributed by atoms with E-state index in [9.17, 15) is 24.6 Å². The zero-order valence-electron chi connectivity index (χ0n) is 14.6. The summed E-state index contributed by atoms with van der Waals surface area (Å²) in [6.45, 7) is 4.73. The highest BCUT2D eigenvalue weighted by Gasteiger charge is 2.24. The van der Waals surface area contributed by atoms with E-state index in [1.807, 2.05) is 5.32 Å². The van der Waals surface area contributed by atoms with Gasteiger partial charge in [-0.05, 0) is 26.8 Å². The van der Waals surface area contributed by atoms with Crippen LogP contribution in [0.3, 0.4) is 0 Å². The molecule has 138 valence electrons. The molecule has 2 rings (SSSR count). The second-order valence-electron chi connectivity index (χ2n) is 6.00. The summed E-state index contributed by atoms with van der Waals surface area (Å²) < 4.78 is 4.99. The normalized spacial score (nSPS) is 11.8. The molecule has 0 aromatic heterocycles. The van der Waals surface area contributed by atoms with Crippen molar-refractivity contribution in [1.29, 1.82) is 0 Å². The first-order chi connectivity index (χ1) is 12.2. The van der Waals surface area contributed by atoms with E-state index in [1.54, 1.807) is 32.0 Å². The molecule has 8 heteroatoms. The first-order valence-corrected chi connectivity index (χ1v) is 7.96. The summed E-state index contributed by atoms with van der Waals surface area (Å²) in [5.41, 5.74) is -0.285. The number of esters is 1. The van der Waals surface area contributed by atoms with Gasteiger partial charge in [-0.2, -0.15) is 0 Å². The molecule has 0 radical (unpaired) electrons. The molecule has 0 heterocycles. The SMILES string of the molecule is CC(C)NC(=O)NC(=O)[C@@H](C)OC(=O)c1cc(O)c2ccccc2c1O. The van der Waals surface area contributed by atoms with Crippen molar-refractivity contribution in [2.75, 3.05) is 0 Å². The summed E-state index contributed by atoms with van der Waals surface area (Å²) >= 11 is 0. The van der Waals surface area contributed by atoms with Crippen molar-refractivity contribution >= 4 is 28.7 Å². The molecule has 0 saturated heterocycles. The highest BCUT2D eigenvalue weighted by molar-refractivity contribution is 6.04. The number of urea groups is 1. The van der Waals surface area contributed by atoms with Gasteiger partial charge in [0.1, 0.15) is 17.1 Å². The molecule has 0 aliphatic heterocycles. The maximum atomic E-state index is 12.3. The Labute approximate surface area is 149 Å². The van der Waals surface area contributed by atoms with Gasteiger partial charge in [0, 0.05) is 16.8 Å². The minimum absolute atomic E-state index is 0.168. The number of fused-ring (bicyclic) bond motifs is 1. The number of benzene rings is 2. The Hall–Kier alpha value is -3.29. The van der Waals surface area contributed by atoms with Gasteiger partial charge in [0.25, 0.3) is 5.91 Å².